The number of hydrogen-bond acceptors (Lipinski definition) is 15. The normalized spacial score (nSPS) is 24.5. The van der Waals surface area contributed by atoms with Crippen LogP contribution in [-0.2, 0) is 38.0 Å². The van der Waals surface area contributed by atoms with Crippen LogP contribution in [0.3, 0.4) is 0 Å². The molecule has 2 rings (SSSR count). The molecule has 11 atom stereocenters. The maximum absolute atomic E-state index is 13.1. The third kappa shape index (κ3) is 34.0. The summed E-state index contributed by atoms with van der Waals surface area (Å²) in [6.07, 6.45) is 37.3. The van der Waals surface area contributed by atoms with Gasteiger partial charge >= 0.3 is 11.9 Å². The lowest BCUT2D eigenvalue weighted by molar-refractivity contribution is -0.332. The Bertz CT molecular complexity index is 1460. The van der Waals surface area contributed by atoms with Crippen LogP contribution in [0.2, 0.25) is 0 Å². The third-order valence-corrected chi connectivity index (χ3v) is 14.6. The monoisotopic (exact) mass is 1080 g/mol. The van der Waals surface area contributed by atoms with Gasteiger partial charge in [0.1, 0.15) is 55.4 Å². The second-order valence-electron chi connectivity index (χ2n) is 21.5. The van der Waals surface area contributed by atoms with E-state index in [9.17, 15) is 45.3 Å². The molecular formula is C61H110O15. The Balaban J connectivity index is 1.73. The Morgan fingerprint density at radius 2 is 0.789 bits per heavy atom. The van der Waals surface area contributed by atoms with Gasteiger partial charge in [0.2, 0.25) is 0 Å². The first kappa shape index (κ1) is 69.8. The summed E-state index contributed by atoms with van der Waals surface area (Å²) in [7, 11) is 0. The van der Waals surface area contributed by atoms with Gasteiger partial charge in [0.05, 0.1) is 19.8 Å². The van der Waals surface area contributed by atoms with Crippen LogP contribution in [0.15, 0.2) is 36.5 Å². The van der Waals surface area contributed by atoms with E-state index < -0.39 is 92.7 Å². The number of aliphatic hydroxyl groups is 7. The molecular weight excluding hydrogens is 973 g/mol. The van der Waals surface area contributed by atoms with E-state index in [1.807, 2.05) is 0 Å². The number of unbranched alkanes of at least 4 members (excludes halogenated alkanes) is 29. The summed E-state index contributed by atoms with van der Waals surface area (Å²) in [6, 6.07) is 0. The first-order valence-corrected chi connectivity index (χ1v) is 30.6. The highest BCUT2D eigenvalue weighted by atomic mass is 16.7. The second-order valence-corrected chi connectivity index (χ2v) is 21.5. The molecule has 0 saturated carbocycles. The largest absolute Gasteiger partial charge is 0.462 e. The zero-order chi connectivity index (χ0) is 55.3. The molecule has 444 valence electrons. The molecule has 2 aliphatic rings. The van der Waals surface area contributed by atoms with E-state index in [0.717, 1.165) is 57.8 Å². The number of carbonyl (C=O) groups is 2. The highest BCUT2D eigenvalue weighted by Gasteiger charge is 2.47. The van der Waals surface area contributed by atoms with Crippen LogP contribution in [0.4, 0.5) is 0 Å². The van der Waals surface area contributed by atoms with Crippen LogP contribution in [0.25, 0.3) is 0 Å². The topological polar surface area (TPSA) is 231 Å². The number of aliphatic hydroxyl groups excluding tert-OH is 7. The summed E-state index contributed by atoms with van der Waals surface area (Å²) in [5.74, 6) is -0.923. The first-order valence-electron chi connectivity index (χ1n) is 30.6. The van der Waals surface area contributed by atoms with Crippen LogP contribution in [0, 0.1) is 0 Å². The Kier molecular flexibility index (Phi) is 43.7. The SMILES string of the molecule is CCCCCCC/C=C\C/C=C\CCCCCCCCCCCCCC(=O)OC(COC(=O)CCCCCCCCC/C=C\CCCCCCCC)COC1OC(COC2OC(CO)C(O)C(O)C2O)C(O)C(O)C1O. The average molecular weight is 1080 g/mol. The summed E-state index contributed by atoms with van der Waals surface area (Å²) >= 11 is 0. The Hall–Kier alpha value is -2.28. The zero-order valence-corrected chi connectivity index (χ0v) is 47.5. The van der Waals surface area contributed by atoms with Crippen LogP contribution >= 0.6 is 0 Å². The van der Waals surface area contributed by atoms with E-state index in [-0.39, 0.29) is 26.1 Å². The molecule has 0 radical (unpaired) electrons. The molecule has 0 aliphatic carbocycles. The van der Waals surface area contributed by atoms with Crippen LogP contribution in [-0.4, -0.2) is 142 Å². The van der Waals surface area contributed by atoms with Crippen molar-refractivity contribution in [3.63, 3.8) is 0 Å². The summed E-state index contributed by atoms with van der Waals surface area (Å²) in [4.78, 5) is 25.9. The van der Waals surface area contributed by atoms with Gasteiger partial charge in [-0.25, -0.2) is 0 Å². The van der Waals surface area contributed by atoms with Crippen LogP contribution in [0.5, 0.6) is 0 Å². The number of rotatable bonds is 49. The molecule has 0 aromatic rings. The smallest absolute Gasteiger partial charge is 0.306 e. The summed E-state index contributed by atoms with van der Waals surface area (Å²) in [5.41, 5.74) is 0. The van der Waals surface area contributed by atoms with E-state index in [1.165, 1.54) is 148 Å². The molecule has 76 heavy (non-hydrogen) atoms. The molecule has 2 heterocycles. The van der Waals surface area contributed by atoms with Crippen molar-refractivity contribution in [1.29, 1.82) is 0 Å². The second kappa shape index (κ2) is 47.5. The zero-order valence-electron chi connectivity index (χ0n) is 47.5. The molecule has 0 aromatic heterocycles. The number of allylic oxidation sites excluding steroid dienone is 6. The van der Waals surface area contributed by atoms with Gasteiger partial charge in [0, 0.05) is 12.8 Å². The van der Waals surface area contributed by atoms with Crippen molar-refractivity contribution < 1.29 is 73.8 Å². The van der Waals surface area contributed by atoms with Crippen molar-refractivity contribution in [2.75, 3.05) is 26.4 Å². The van der Waals surface area contributed by atoms with Crippen LogP contribution in [0.1, 0.15) is 245 Å². The number of carbonyl (C=O) groups excluding carboxylic acids is 2. The van der Waals surface area contributed by atoms with E-state index >= 15 is 0 Å². The van der Waals surface area contributed by atoms with Crippen molar-refractivity contribution in [3.05, 3.63) is 36.5 Å². The van der Waals surface area contributed by atoms with E-state index in [4.69, 9.17) is 28.4 Å². The minimum Gasteiger partial charge on any atom is -0.462 e. The summed E-state index contributed by atoms with van der Waals surface area (Å²) < 4.78 is 33.7. The number of hydrogen-bond donors (Lipinski definition) is 7. The predicted octanol–water partition coefficient (Wildman–Crippen LogP) is 10.8. The molecule has 2 fully saturated rings. The van der Waals surface area contributed by atoms with Crippen molar-refractivity contribution in [1.82, 2.24) is 0 Å². The molecule has 0 bridgehead atoms. The molecule has 11 unspecified atom stereocenters. The summed E-state index contributed by atoms with van der Waals surface area (Å²) in [5, 5.41) is 72.4. The molecule has 7 N–H and O–H groups in total. The van der Waals surface area contributed by atoms with E-state index in [1.54, 1.807) is 0 Å². The van der Waals surface area contributed by atoms with Gasteiger partial charge in [0.15, 0.2) is 18.7 Å². The first-order chi connectivity index (χ1) is 37.0. The number of ether oxygens (including phenoxy) is 6. The highest BCUT2D eigenvalue weighted by Crippen LogP contribution is 2.27. The van der Waals surface area contributed by atoms with Gasteiger partial charge in [-0.3, -0.25) is 9.59 Å². The van der Waals surface area contributed by atoms with Crippen LogP contribution < -0.4 is 0 Å². The van der Waals surface area contributed by atoms with Crippen molar-refractivity contribution >= 4 is 11.9 Å². The van der Waals surface area contributed by atoms with Gasteiger partial charge in [0.25, 0.3) is 0 Å². The van der Waals surface area contributed by atoms with E-state index in [0.29, 0.717) is 12.8 Å². The van der Waals surface area contributed by atoms with Crippen molar-refractivity contribution in [3.8, 4) is 0 Å². The Morgan fingerprint density at radius 3 is 1.24 bits per heavy atom. The third-order valence-electron chi connectivity index (χ3n) is 14.6. The molecule has 15 nitrogen and oxygen atoms in total. The maximum Gasteiger partial charge on any atom is 0.306 e. The van der Waals surface area contributed by atoms with Gasteiger partial charge in [-0.2, -0.15) is 0 Å². The lowest BCUT2D eigenvalue weighted by Crippen LogP contribution is -2.61. The fraction of sp³-hybridized carbons (Fsp3) is 0.869. The van der Waals surface area contributed by atoms with Gasteiger partial charge in [-0.15, -0.1) is 0 Å². The predicted molar refractivity (Wildman–Crippen MR) is 298 cm³/mol. The minimum absolute atomic E-state index is 0.163. The molecule has 0 amide bonds. The fourth-order valence-electron chi connectivity index (χ4n) is 9.60. The molecule has 2 aliphatic heterocycles. The van der Waals surface area contributed by atoms with Gasteiger partial charge in [-0.05, 0) is 70.6 Å². The quantitative estimate of drug-likeness (QED) is 0.0171. The fourth-order valence-corrected chi connectivity index (χ4v) is 9.60. The molecule has 0 aromatic carbocycles. The van der Waals surface area contributed by atoms with Crippen molar-refractivity contribution in [2.45, 2.75) is 313 Å². The molecule has 15 heteroatoms. The minimum atomic E-state index is -1.77. The standard InChI is InChI=1S/C61H110O15/c1-3-5-7-9-11-13-15-17-19-21-22-23-24-25-26-28-30-32-34-36-38-40-42-44-53(64)74-49(46-71-52(63)43-41-39-37-35-33-31-29-27-20-18-16-14-12-10-8-6-4-2)47-72-60-59(70)57(68)55(66)51(76-60)48-73-61-58(69)56(67)54(65)50(45-62)75-61/h15,17-18,20-22,49-51,54-62,65-70H,3-14,16,19,23-48H2,1-2H3/b17-15-,20-18-,22-21-. The summed E-state index contributed by atoms with van der Waals surface area (Å²) in [6.45, 7) is 2.61. The number of esters is 2. The average Bonchev–Trinajstić information content (AvgIpc) is 3.41. The maximum atomic E-state index is 13.1. The Morgan fingerprint density at radius 1 is 0.421 bits per heavy atom. The Labute approximate surface area is 459 Å². The van der Waals surface area contributed by atoms with Gasteiger partial charge < -0.3 is 64.2 Å². The highest BCUT2D eigenvalue weighted by molar-refractivity contribution is 5.70. The molecule has 0 spiro atoms. The lowest BCUT2D eigenvalue weighted by Gasteiger charge is -2.42. The van der Waals surface area contributed by atoms with E-state index in [2.05, 4.69) is 50.3 Å². The van der Waals surface area contributed by atoms with Crippen molar-refractivity contribution in [2.24, 2.45) is 0 Å². The lowest BCUT2D eigenvalue weighted by atomic mass is 9.98. The van der Waals surface area contributed by atoms with Gasteiger partial charge in [-0.1, -0.05) is 198 Å². The molecule has 2 saturated heterocycles.